The molecule has 6 aliphatic rings. The van der Waals surface area contributed by atoms with Crippen molar-refractivity contribution in [1.82, 2.24) is 0 Å². The van der Waals surface area contributed by atoms with Gasteiger partial charge in [-0.25, -0.2) is 4.79 Å². The number of carbonyl (C=O) groups is 4. The second-order valence-electron chi connectivity index (χ2n) is 16.0. The fraction of sp³-hybridized carbons (Fsp3) is 0.700. The van der Waals surface area contributed by atoms with Crippen molar-refractivity contribution in [3.63, 3.8) is 0 Å². The lowest BCUT2D eigenvalue weighted by molar-refractivity contribution is -0.358. The molecule has 57 heavy (non-hydrogen) atoms. The van der Waals surface area contributed by atoms with E-state index in [4.69, 9.17) is 47.4 Å². The largest absolute Gasteiger partial charge is 0.459 e. The number of ether oxygens (including phenoxy) is 10. The van der Waals surface area contributed by atoms with Crippen LogP contribution in [-0.2, 0) is 66.5 Å². The molecule has 5 aliphatic heterocycles. The highest BCUT2D eigenvalue weighted by atomic mass is 16.8. The number of epoxide rings is 1. The topological polar surface area (TPSA) is 225 Å². The molecule has 0 amide bonds. The first-order chi connectivity index (χ1) is 27.1. The summed E-state index contributed by atoms with van der Waals surface area (Å²) in [6.45, 7) is 7.86. The van der Waals surface area contributed by atoms with E-state index in [2.05, 4.69) is 0 Å². The molecular formula is C40H52O17. The van der Waals surface area contributed by atoms with Crippen molar-refractivity contribution >= 4 is 30.0 Å². The van der Waals surface area contributed by atoms with E-state index in [-0.39, 0.29) is 31.3 Å². The lowest BCUT2D eigenvalue weighted by Crippen LogP contribution is -2.64. The highest BCUT2D eigenvalue weighted by Gasteiger charge is 2.76. The Hall–Kier alpha value is -3.52. The van der Waals surface area contributed by atoms with Gasteiger partial charge in [-0.05, 0) is 44.7 Å². The third-order valence-corrected chi connectivity index (χ3v) is 12.0. The summed E-state index contributed by atoms with van der Waals surface area (Å²) in [6, 6.07) is 9.42. The molecule has 1 aliphatic carbocycles. The quantitative estimate of drug-likeness (QED) is 0.139. The zero-order chi connectivity index (χ0) is 40.8. The summed E-state index contributed by atoms with van der Waals surface area (Å²) >= 11 is 0. The van der Waals surface area contributed by atoms with Crippen molar-refractivity contribution in [3.05, 3.63) is 42.0 Å². The Kier molecular flexibility index (Phi) is 12.1. The number of carbonyl (C=O) groups excluding carboxylic acids is 4. The molecule has 314 valence electrons. The first-order valence-electron chi connectivity index (χ1n) is 19.6. The number of aliphatic hydroxyl groups is 3. The zero-order valence-electron chi connectivity index (χ0n) is 32.5. The normalized spacial score (nSPS) is 44.0. The Morgan fingerprint density at radius 1 is 0.789 bits per heavy atom. The van der Waals surface area contributed by atoms with Crippen molar-refractivity contribution in [2.45, 2.75) is 145 Å². The molecule has 17 nitrogen and oxygen atoms in total. The maximum atomic E-state index is 13.9. The molecule has 6 fully saturated rings. The molecule has 1 aromatic carbocycles. The van der Waals surface area contributed by atoms with Crippen LogP contribution in [0.3, 0.4) is 0 Å². The summed E-state index contributed by atoms with van der Waals surface area (Å²) in [5.41, 5.74) is 0.105. The van der Waals surface area contributed by atoms with Gasteiger partial charge in [0.1, 0.15) is 24.4 Å². The molecule has 0 unspecified atom stereocenters. The minimum atomic E-state index is -1.73. The average Bonchev–Trinajstić information content (AvgIpc) is 3.94. The highest BCUT2D eigenvalue weighted by Crippen LogP contribution is 2.62. The second kappa shape index (κ2) is 16.6. The lowest BCUT2D eigenvalue weighted by atomic mass is 9.72. The Bertz CT molecular complexity index is 1670. The monoisotopic (exact) mass is 804 g/mol. The van der Waals surface area contributed by atoms with Crippen LogP contribution in [0, 0.1) is 17.8 Å². The third-order valence-electron chi connectivity index (χ3n) is 12.0. The predicted molar refractivity (Wildman–Crippen MR) is 191 cm³/mol. The molecule has 1 saturated carbocycles. The van der Waals surface area contributed by atoms with Gasteiger partial charge in [-0.1, -0.05) is 37.3 Å². The van der Waals surface area contributed by atoms with E-state index >= 15 is 0 Å². The van der Waals surface area contributed by atoms with Gasteiger partial charge in [0.25, 0.3) is 0 Å². The molecule has 5 saturated heterocycles. The summed E-state index contributed by atoms with van der Waals surface area (Å²) in [7, 11) is 0. The fourth-order valence-corrected chi connectivity index (χ4v) is 8.89. The van der Waals surface area contributed by atoms with Gasteiger partial charge in [-0.15, -0.1) is 0 Å². The maximum Gasteiger partial charge on any atom is 0.331 e. The summed E-state index contributed by atoms with van der Waals surface area (Å²) in [6.07, 6.45) is -10.6. The number of hydrogen-bond donors (Lipinski definition) is 3. The molecule has 1 aromatic rings. The van der Waals surface area contributed by atoms with E-state index in [9.17, 15) is 34.5 Å². The molecule has 17 atom stereocenters. The molecule has 5 heterocycles. The van der Waals surface area contributed by atoms with E-state index in [0.29, 0.717) is 19.4 Å². The van der Waals surface area contributed by atoms with Crippen LogP contribution in [0.25, 0.3) is 6.08 Å². The minimum absolute atomic E-state index is 0.106. The van der Waals surface area contributed by atoms with Gasteiger partial charge in [0.2, 0.25) is 12.1 Å². The van der Waals surface area contributed by atoms with Gasteiger partial charge in [-0.3, -0.25) is 14.4 Å². The number of hydrogen-bond acceptors (Lipinski definition) is 17. The van der Waals surface area contributed by atoms with Crippen molar-refractivity contribution < 1.29 is 81.9 Å². The molecule has 0 radical (unpaired) electrons. The fourth-order valence-electron chi connectivity index (χ4n) is 8.89. The molecule has 3 N–H and O–H groups in total. The smallest absolute Gasteiger partial charge is 0.331 e. The highest BCUT2D eigenvalue weighted by molar-refractivity contribution is 5.87. The van der Waals surface area contributed by atoms with Crippen LogP contribution in [-0.4, -0.2) is 137 Å². The number of benzene rings is 1. The number of fused-ring (bicyclic) bond motifs is 3. The van der Waals surface area contributed by atoms with Gasteiger partial charge in [0.15, 0.2) is 30.2 Å². The van der Waals surface area contributed by atoms with Crippen LogP contribution in [0.1, 0.15) is 65.9 Å². The third kappa shape index (κ3) is 8.36. The van der Waals surface area contributed by atoms with Crippen LogP contribution in [0.15, 0.2) is 36.4 Å². The van der Waals surface area contributed by atoms with Gasteiger partial charge >= 0.3 is 23.9 Å². The molecule has 17 heteroatoms. The first-order valence-corrected chi connectivity index (χ1v) is 19.6. The molecule has 0 bridgehead atoms. The Balaban J connectivity index is 1.03. The summed E-state index contributed by atoms with van der Waals surface area (Å²) in [5.74, 6) is -4.72. The standard InChI is InChI=1S/C40H52O17/c1-19-17-48-40(16-28(19)54-29(43)14-11-24-9-7-6-8-10-24)39(18-49-39)26-13-12-25(15-27(26)57-40)36(47)56-38-35(31(45)33(21(3)51-38)52-22(4)41)55-37-32(46)34(53-23(5)42)30(44)20(2)50-37/h6-11,14,19-21,25-28,30-35,37-38,44-46H,12-13,15-18H2,1-5H3/t19-,20+,21+,25+,26+,27-,28+,30+,31-,32+,33+,34-,35+,37-,38-,39+,40-/m0/s1. The molecule has 7 rings (SSSR count). The minimum Gasteiger partial charge on any atom is -0.459 e. The van der Waals surface area contributed by atoms with Crippen LogP contribution in [0.2, 0.25) is 0 Å². The van der Waals surface area contributed by atoms with Gasteiger partial charge in [0, 0.05) is 38.2 Å². The summed E-state index contributed by atoms with van der Waals surface area (Å²) in [4.78, 5) is 50.5. The summed E-state index contributed by atoms with van der Waals surface area (Å²) < 4.78 is 59.2. The van der Waals surface area contributed by atoms with E-state index in [0.717, 1.165) is 19.4 Å². The van der Waals surface area contributed by atoms with Gasteiger partial charge in [0.05, 0.1) is 37.4 Å². The van der Waals surface area contributed by atoms with Crippen LogP contribution in [0.4, 0.5) is 0 Å². The Morgan fingerprint density at radius 3 is 2.16 bits per heavy atom. The lowest BCUT2D eigenvalue weighted by Gasteiger charge is -2.46. The molecule has 2 spiro atoms. The van der Waals surface area contributed by atoms with Gasteiger partial charge in [-0.2, -0.15) is 0 Å². The zero-order valence-corrected chi connectivity index (χ0v) is 32.5. The Labute approximate surface area is 329 Å². The van der Waals surface area contributed by atoms with Crippen LogP contribution < -0.4 is 0 Å². The van der Waals surface area contributed by atoms with Gasteiger partial charge < -0.3 is 62.7 Å². The van der Waals surface area contributed by atoms with Crippen molar-refractivity contribution in [3.8, 4) is 0 Å². The first kappa shape index (κ1) is 41.6. The van der Waals surface area contributed by atoms with E-state index in [1.807, 2.05) is 37.3 Å². The number of esters is 4. The average molecular weight is 805 g/mol. The van der Waals surface area contributed by atoms with Crippen molar-refractivity contribution in [2.75, 3.05) is 13.2 Å². The van der Waals surface area contributed by atoms with Crippen LogP contribution >= 0.6 is 0 Å². The number of aliphatic hydroxyl groups excluding tert-OH is 3. The molecule has 0 aromatic heterocycles. The van der Waals surface area contributed by atoms with Crippen molar-refractivity contribution in [2.24, 2.45) is 17.8 Å². The number of rotatable bonds is 9. The maximum absolute atomic E-state index is 13.9. The Morgan fingerprint density at radius 2 is 1.47 bits per heavy atom. The molecular weight excluding hydrogens is 752 g/mol. The summed E-state index contributed by atoms with van der Waals surface area (Å²) in [5, 5.41) is 33.1. The SMILES string of the molecule is CC(=O)O[C@@H]1[C@@H](O)[C@H](O[C@H]2[C@H](OC(=O)[C@@H]3CC[C@@H]4[C@H](C3)O[C@@]3(C[C@@H](OC(=O)C=Cc5ccccc5)[C@@H](C)CO3)[C@@]43CO3)O[C@H](C)[C@@H](OC(C)=O)[C@@H]2O)O[C@H](C)[C@H]1O. The van der Waals surface area contributed by atoms with E-state index in [1.165, 1.54) is 19.9 Å². The van der Waals surface area contributed by atoms with Crippen molar-refractivity contribution in [1.29, 1.82) is 0 Å². The van der Waals surface area contributed by atoms with E-state index < -0.39 is 115 Å². The van der Waals surface area contributed by atoms with Crippen LogP contribution in [0.5, 0.6) is 0 Å². The second-order valence-corrected chi connectivity index (χ2v) is 16.0. The van der Waals surface area contributed by atoms with E-state index in [1.54, 1.807) is 6.08 Å². The predicted octanol–water partition coefficient (Wildman–Crippen LogP) is 1.31.